The van der Waals surface area contributed by atoms with Gasteiger partial charge in [-0.3, -0.25) is 4.79 Å². The van der Waals surface area contributed by atoms with Crippen LogP contribution in [0.1, 0.15) is 20.9 Å². The van der Waals surface area contributed by atoms with Gasteiger partial charge in [-0.1, -0.05) is 23.4 Å². The molecule has 124 valence electrons. The maximum Gasteiger partial charge on any atom is 0.433 e. The molecule has 1 N–H and O–H groups in total. The third kappa shape index (κ3) is 4.49. The van der Waals surface area contributed by atoms with Gasteiger partial charge in [0.2, 0.25) is 0 Å². The summed E-state index contributed by atoms with van der Waals surface area (Å²) in [5.74, 6) is -0.421. The van der Waals surface area contributed by atoms with Crippen molar-refractivity contribution < 1.29 is 22.7 Å². The molecule has 2 rings (SSSR count). The molecule has 2 aromatic heterocycles. The summed E-state index contributed by atoms with van der Waals surface area (Å²) in [6, 6.07) is 1.87. The number of hydrogen-bond donors (Lipinski definition) is 1. The molecule has 23 heavy (non-hydrogen) atoms. The first-order valence-corrected chi connectivity index (χ1v) is 8.06. The Balaban J connectivity index is 2.18. The Morgan fingerprint density at radius 2 is 2.17 bits per heavy atom. The molecule has 0 saturated carbocycles. The van der Waals surface area contributed by atoms with Gasteiger partial charge in [0.15, 0.2) is 10.9 Å². The van der Waals surface area contributed by atoms with E-state index in [-0.39, 0.29) is 15.8 Å². The number of carbonyl (C=O) groups excluding carboxylic acids is 1. The molecule has 0 bridgehead atoms. The van der Waals surface area contributed by atoms with Crippen LogP contribution in [-0.4, -0.2) is 23.0 Å². The lowest BCUT2D eigenvalue weighted by molar-refractivity contribution is -0.141. The molecule has 0 aliphatic heterocycles. The van der Waals surface area contributed by atoms with Crippen LogP contribution in [0.15, 0.2) is 22.1 Å². The van der Waals surface area contributed by atoms with E-state index in [1.807, 2.05) is 0 Å². The predicted octanol–water partition coefficient (Wildman–Crippen LogP) is 3.58. The van der Waals surface area contributed by atoms with Gasteiger partial charge >= 0.3 is 12.1 Å². The lowest BCUT2D eigenvalue weighted by Crippen LogP contribution is -2.16. The molecule has 0 unspecified atom stereocenters. The van der Waals surface area contributed by atoms with Crippen LogP contribution in [-0.2, 0) is 16.7 Å². The fourth-order valence-electron chi connectivity index (χ4n) is 1.50. The second kappa shape index (κ2) is 6.93. The minimum Gasteiger partial charge on any atom is -0.465 e. The Labute approximate surface area is 140 Å². The van der Waals surface area contributed by atoms with Gasteiger partial charge in [-0.25, -0.2) is 9.78 Å². The fourth-order valence-corrected chi connectivity index (χ4v) is 3.72. The number of alkyl halides is 3. The van der Waals surface area contributed by atoms with Crippen molar-refractivity contribution in [3.05, 3.63) is 43.0 Å². The van der Waals surface area contributed by atoms with Crippen LogP contribution in [0.2, 0.25) is 4.34 Å². The van der Waals surface area contributed by atoms with Crippen molar-refractivity contribution in [3.8, 4) is 0 Å². The highest BCUT2D eigenvalue weighted by Gasteiger charge is 2.33. The molecule has 0 spiro atoms. The molecule has 0 saturated heterocycles. The number of esters is 1. The van der Waals surface area contributed by atoms with E-state index in [1.165, 1.54) is 13.2 Å². The Kier molecular flexibility index (Phi) is 5.37. The van der Waals surface area contributed by atoms with Gasteiger partial charge in [0.05, 0.1) is 11.4 Å². The zero-order chi connectivity index (χ0) is 17.2. The van der Waals surface area contributed by atoms with Gasteiger partial charge in [0, 0.05) is 11.8 Å². The molecule has 0 amide bonds. The van der Waals surface area contributed by atoms with Crippen molar-refractivity contribution in [3.63, 3.8) is 0 Å². The summed E-state index contributed by atoms with van der Waals surface area (Å²) in [5, 5.41) is -0.188. The summed E-state index contributed by atoms with van der Waals surface area (Å²) in [6.45, 7) is 0. The van der Waals surface area contributed by atoms with Crippen LogP contribution in [0, 0.1) is 0 Å². The smallest absolute Gasteiger partial charge is 0.433 e. The number of methoxy groups -OCH3 is 1. The van der Waals surface area contributed by atoms with Crippen LogP contribution in [0.3, 0.4) is 0 Å². The second-order valence-corrected chi connectivity index (χ2v) is 6.74. The molecule has 0 aliphatic rings. The van der Waals surface area contributed by atoms with Crippen LogP contribution in [0.4, 0.5) is 13.2 Å². The van der Waals surface area contributed by atoms with Gasteiger partial charge in [0.25, 0.3) is 5.56 Å². The van der Waals surface area contributed by atoms with Crippen molar-refractivity contribution >= 4 is 40.7 Å². The summed E-state index contributed by atoms with van der Waals surface area (Å²) < 4.78 is 42.7. The van der Waals surface area contributed by atoms with E-state index in [2.05, 4.69) is 14.7 Å². The first-order chi connectivity index (χ1) is 10.7. The second-order valence-electron chi connectivity index (χ2n) is 4.12. The van der Waals surface area contributed by atoms with Gasteiger partial charge < -0.3 is 9.72 Å². The number of nitrogens with zero attached hydrogens (tertiary/aromatic N) is 1. The number of carbonyl (C=O) groups is 1. The number of ether oxygens (including phenoxy) is 1. The number of H-pyrrole nitrogens is 1. The first-order valence-electron chi connectivity index (χ1n) is 5.88. The molecule has 11 heteroatoms. The highest BCUT2D eigenvalue weighted by Crippen LogP contribution is 2.33. The van der Waals surface area contributed by atoms with Crippen molar-refractivity contribution in [2.75, 3.05) is 7.11 Å². The Morgan fingerprint density at radius 1 is 1.48 bits per heavy atom. The summed E-state index contributed by atoms with van der Waals surface area (Å²) in [6.07, 6.45) is -4.71. The molecule has 0 atom stereocenters. The number of thiophene rings is 1. The number of thioether (sulfide) groups is 1. The number of hydrogen-bond acceptors (Lipinski definition) is 6. The number of aromatic amines is 1. The van der Waals surface area contributed by atoms with E-state index in [0.29, 0.717) is 16.0 Å². The average Bonchev–Trinajstić information content (AvgIpc) is 2.84. The van der Waals surface area contributed by atoms with Crippen LogP contribution in [0.5, 0.6) is 0 Å². The van der Waals surface area contributed by atoms with Crippen molar-refractivity contribution in [1.29, 1.82) is 0 Å². The monoisotopic (exact) mass is 384 g/mol. The standard InChI is InChI=1S/C12H8ClF3N2O3S2/c1-21-10(20)6-2-5(9(13)23-6)4-22-11-17-7(12(14,15)16)3-8(19)18-11/h2-3H,4H2,1H3,(H,17,18,19). The molecule has 0 fully saturated rings. The first kappa shape index (κ1) is 17.8. The van der Waals surface area contributed by atoms with Gasteiger partial charge in [0.1, 0.15) is 4.88 Å². The minimum absolute atomic E-state index is 0.135. The van der Waals surface area contributed by atoms with Gasteiger partial charge in [-0.2, -0.15) is 13.2 Å². The number of nitrogens with one attached hydrogen (secondary N) is 1. The zero-order valence-corrected chi connectivity index (χ0v) is 13.8. The summed E-state index contributed by atoms with van der Waals surface area (Å²) in [4.78, 5) is 28.5. The maximum atomic E-state index is 12.6. The highest BCUT2D eigenvalue weighted by molar-refractivity contribution is 7.98. The third-order valence-corrected chi connectivity index (χ3v) is 4.86. The van der Waals surface area contributed by atoms with E-state index in [4.69, 9.17) is 11.6 Å². The number of rotatable bonds is 4. The molecule has 0 aliphatic carbocycles. The van der Waals surface area contributed by atoms with Crippen LogP contribution < -0.4 is 5.56 Å². The topological polar surface area (TPSA) is 72.0 Å². The summed E-state index contributed by atoms with van der Waals surface area (Å²) in [5.41, 5.74) is -1.64. The Hall–Kier alpha value is -1.52. The van der Waals surface area contributed by atoms with E-state index < -0.39 is 23.4 Å². The van der Waals surface area contributed by atoms with E-state index in [9.17, 15) is 22.8 Å². The zero-order valence-electron chi connectivity index (χ0n) is 11.4. The van der Waals surface area contributed by atoms with Gasteiger partial charge in [-0.05, 0) is 11.6 Å². The molecule has 2 aromatic rings. The van der Waals surface area contributed by atoms with Crippen LogP contribution in [0.25, 0.3) is 0 Å². The lowest BCUT2D eigenvalue weighted by atomic mass is 10.3. The molecule has 0 radical (unpaired) electrons. The van der Waals surface area contributed by atoms with Crippen molar-refractivity contribution in [2.24, 2.45) is 0 Å². The average molecular weight is 385 g/mol. The fraction of sp³-hybridized carbons (Fsp3) is 0.250. The van der Waals surface area contributed by atoms with E-state index >= 15 is 0 Å². The summed E-state index contributed by atoms with van der Waals surface area (Å²) in [7, 11) is 1.22. The SMILES string of the molecule is COC(=O)c1cc(CSc2nc(C(F)(F)F)cc(=O)[nH]2)c(Cl)s1. The maximum absolute atomic E-state index is 12.6. The van der Waals surface area contributed by atoms with E-state index in [0.717, 1.165) is 23.1 Å². The quantitative estimate of drug-likeness (QED) is 0.495. The third-order valence-electron chi connectivity index (χ3n) is 2.52. The Bertz CT molecular complexity index is 789. The number of aromatic nitrogens is 2. The predicted molar refractivity (Wildman–Crippen MR) is 80.1 cm³/mol. The van der Waals surface area contributed by atoms with E-state index in [1.54, 1.807) is 0 Å². The molecule has 5 nitrogen and oxygen atoms in total. The van der Waals surface area contributed by atoms with Crippen molar-refractivity contribution in [2.45, 2.75) is 17.1 Å². The highest BCUT2D eigenvalue weighted by atomic mass is 35.5. The normalized spacial score (nSPS) is 11.5. The summed E-state index contributed by atoms with van der Waals surface area (Å²) >= 11 is 7.84. The minimum atomic E-state index is -4.71. The van der Waals surface area contributed by atoms with Gasteiger partial charge in [-0.15, -0.1) is 11.3 Å². The van der Waals surface area contributed by atoms with Crippen molar-refractivity contribution in [1.82, 2.24) is 9.97 Å². The lowest BCUT2D eigenvalue weighted by Gasteiger charge is -2.06. The molecule has 2 heterocycles. The van der Waals surface area contributed by atoms with Crippen LogP contribution >= 0.6 is 34.7 Å². The number of halogens is 4. The molecular weight excluding hydrogens is 377 g/mol. The molecule has 0 aromatic carbocycles. The Morgan fingerprint density at radius 3 is 2.78 bits per heavy atom. The largest absolute Gasteiger partial charge is 0.465 e. The molecular formula is C12H8ClF3N2O3S2.